The van der Waals surface area contributed by atoms with Crippen LogP contribution in [0.25, 0.3) is 0 Å². The van der Waals surface area contributed by atoms with Gasteiger partial charge in [-0.3, -0.25) is 4.79 Å². The summed E-state index contributed by atoms with van der Waals surface area (Å²) < 4.78 is 0. The Labute approximate surface area is 181 Å². The summed E-state index contributed by atoms with van der Waals surface area (Å²) >= 11 is 12.1. The van der Waals surface area contributed by atoms with Gasteiger partial charge in [-0.15, -0.1) is 0 Å². The van der Waals surface area contributed by atoms with Crippen molar-refractivity contribution in [3.8, 4) is 0 Å². The standard InChI is InChI=1S/C23H23Cl2N3O/c1-15-6-3-11-21(25)28-22(12-15)26-16(2)17-7-5-10-20(14-17)27-23(29)18-8-4-9-19(24)13-18/h3-5,7-16,26H,6H2,1-2H3,(H,27,29)/b11-3+,22-12-,28-21-/t15?,16-/m0/s1. The summed E-state index contributed by atoms with van der Waals surface area (Å²) in [6, 6.07) is 14.6. The molecule has 2 N–H and O–H groups in total. The van der Waals surface area contributed by atoms with Crippen LogP contribution < -0.4 is 10.6 Å². The van der Waals surface area contributed by atoms with E-state index in [9.17, 15) is 4.79 Å². The van der Waals surface area contributed by atoms with E-state index < -0.39 is 0 Å². The van der Waals surface area contributed by atoms with Crippen LogP contribution in [0.3, 0.4) is 0 Å². The van der Waals surface area contributed by atoms with Crippen molar-refractivity contribution in [2.45, 2.75) is 26.3 Å². The molecule has 2 aromatic rings. The first-order chi connectivity index (χ1) is 13.9. The normalized spacial score (nSPS) is 22.1. The number of hydrogen-bond acceptors (Lipinski definition) is 3. The Bertz CT molecular complexity index is 982. The zero-order valence-electron chi connectivity index (χ0n) is 16.3. The van der Waals surface area contributed by atoms with Gasteiger partial charge in [0, 0.05) is 16.3 Å². The maximum Gasteiger partial charge on any atom is 0.255 e. The Morgan fingerprint density at radius 2 is 1.97 bits per heavy atom. The molecular weight excluding hydrogens is 405 g/mol. The number of hydrogen-bond donors (Lipinski definition) is 2. The molecule has 3 rings (SSSR count). The van der Waals surface area contributed by atoms with E-state index >= 15 is 0 Å². The number of amides is 1. The van der Waals surface area contributed by atoms with Crippen LogP contribution in [0.2, 0.25) is 5.02 Å². The van der Waals surface area contributed by atoms with Gasteiger partial charge in [0.15, 0.2) is 0 Å². The van der Waals surface area contributed by atoms with Gasteiger partial charge in [-0.2, -0.15) is 0 Å². The van der Waals surface area contributed by atoms with Gasteiger partial charge < -0.3 is 10.6 Å². The first-order valence-corrected chi connectivity index (χ1v) is 10.2. The number of aliphatic imine (C=N–C) groups is 1. The summed E-state index contributed by atoms with van der Waals surface area (Å²) in [6.45, 7) is 4.18. The third-order valence-electron chi connectivity index (χ3n) is 4.53. The lowest BCUT2D eigenvalue weighted by Gasteiger charge is -2.19. The van der Waals surface area contributed by atoms with Gasteiger partial charge in [-0.25, -0.2) is 4.99 Å². The van der Waals surface area contributed by atoms with Crippen LogP contribution in [0.1, 0.15) is 42.2 Å². The fourth-order valence-electron chi connectivity index (χ4n) is 3.01. The van der Waals surface area contributed by atoms with Crippen molar-refractivity contribution in [2.24, 2.45) is 10.9 Å². The molecule has 0 saturated heterocycles. The summed E-state index contributed by atoms with van der Waals surface area (Å²) in [5.74, 6) is 0.899. The topological polar surface area (TPSA) is 53.5 Å². The Kier molecular flexibility index (Phi) is 7.13. The van der Waals surface area contributed by atoms with Gasteiger partial charge in [0.2, 0.25) is 0 Å². The van der Waals surface area contributed by atoms with E-state index in [4.69, 9.17) is 23.2 Å². The van der Waals surface area contributed by atoms with E-state index in [-0.39, 0.29) is 11.9 Å². The average molecular weight is 428 g/mol. The second-order valence-corrected chi connectivity index (χ2v) is 7.88. The molecular formula is C23H23Cl2N3O. The molecule has 1 heterocycles. The highest BCUT2D eigenvalue weighted by atomic mass is 35.5. The van der Waals surface area contributed by atoms with Gasteiger partial charge in [0.1, 0.15) is 11.0 Å². The van der Waals surface area contributed by atoms with Gasteiger partial charge in [0.25, 0.3) is 5.91 Å². The van der Waals surface area contributed by atoms with Crippen molar-refractivity contribution >= 4 is 40.0 Å². The number of nitrogens with one attached hydrogen (secondary N) is 2. The maximum absolute atomic E-state index is 12.5. The van der Waals surface area contributed by atoms with Crippen LogP contribution in [-0.2, 0) is 0 Å². The molecule has 0 fully saturated rings. The van der Waals surface area contributed by atoms with Crippen LogP contribution in [0.5, 0.6) is 0 Å². The molecule has 1 aliphatic rings. The molecule has 1 aliphatic heterocycles. The van der Waals surface area contributed by atoms with E-state index in [0.717, 1.165) is 17.8 Å². The molecule has 0 spiro atoms. The number of anilines is 1. The second-order valence-electron chi connectivity index (χ2n) is 7.06. The Hall–Kier alpha value is -2.56. The summed E-state index contributed by atoms with van der Waals surface area (Å²) in [7, 11) is 0. The molecule has 0 bridgehead atoms. The Morgan fingerprint density at radius 3 is 2.76 bits per heavy atom. The lowest BCUT2D eigenvalue weighted by molar-refractivity contribution is 0.102. The molecule has 0 aromatic heterocycles. The summed E-state index contributed by atoms with van der Waals surface area (Å²) in [5.41, 5.74) is 2.25. The highest BCUT2D eigenvalue weighted by molar-refractivity contribution is 6.68. The summed E-state index contributed by atoms with van der Waals surface area (Å²) in [5, 5.41) is 7.30. The minimum Gasteiger partial charge on any atom is -0.364 e. The largest absolute Gasteiger partial charge is 0.364 e. The molecule has 29 heavy (non-hydrogen) atoms. The van der Waals surface area contributed by atoms with Crippen molar-refractivity contribution in [1.82, 2.24) is 5.32 Å². The number of carbonyl (C=O) groups is 1. The van der Waals surface area contributed by atoms with Gasteiger partial charge in [0.05, 0.1) is 6.04 Å². The number of allylic oxidation sites excluding steroid dienone is 3. The number of carbonyl (C=O) groups excluding carboxylic acids is 1. The zero-order valence-corrected chi connectivity index (χ0v) is 17.8. The molecule has 2 atom stereocenters. The molecule has 0 saturated carbocycles. The number of nitrogens with zero attached hydrogens (tertiary/aromatic N) is 1. The molecule has 1 amide bonds. The van der Waals surface area contributed by atoms with Crippen molar-refractivity contribution in [3.63, 3.8) is 0 Å². The fraction of sp³-hybridized carbons (Fsp3) is 0.217. The summed E-state index contributed by atoms with van der Waals surface area (Å²) in [4.78, 5) is 16.9. The SMILES string of the molecule is CC1\C=C(N[C@@H](C)c2cccc(NC(=O)c3cccc(Cl)c3)c2)/N=C(Cl)/C=C/C1. The van der Waals surface area contributed by atoms with E-state index in [1.54, 1.807) is 24.3 Å². The molecule has 0 aliphatic carbocycles. The van der Waals surface area contributed by atoms with Crippen molar-refractivity contribution < 1.29 is 4.79 Å². The highest BCUT2D eigenvalue weighted by Gasteiger charge is 2.12. The van der Waals surface area contributed by atoms with Crippen LogP contribution >= 0.6 is 23.2 Å². The van der Waals surface area contributed by atoms with Crippen molar-refractivity contribution in [3.05, 3.63) is 88.7 Å². The third-order valence-corrected chi connectivity index (χ3v) is 4.97. The number of rotatable bonds is 5. The quantitative estimate of drug-likeness (QED) is 0.586. The molecule has 150 valence electrons. The minimum absolute atomic E-state index is 0.0203. The lowest BCUT2D eigenvalue weighted by atomic mass is 10.1. The van der Waals surface area contributed by atoms with Crippen molar-refractivity contribution in [1.29, 1.82) is 0 Å². The minimum atomic E-state index is -0.204. The highest BCUT2D eigenvalue weighted by Crippen LogP contribution is 2.21. The van der Waals surface area contributed by atoms with E-state index in [1.807, 2.05) is 43.3 Å². The first-order valence-electron chi connectivity index (χ1n) is 9.46. The number of halogens is 2. The molecule has 4 nitrogen and oxygen atoms in total. The Morgan fingerprint density at radius 1 is 1.17 bits per heavy atom. The smallest absolute Gasteiger partial charge is 0.255 e. The predicted octanol–water partition coefficient (Wildman–Crippen LogP) is 6.32. The molecule has 6 heteroatoms. The third kappa shape index (κ3) is 6.21. The van der Waals surface area contributed by atoms with Gasteiger partial charge in [-0.05, 0) is 67.3 Å². The van der Waals surface area contributed by atoms with Crippen LogP contribution in [0, 0.1) is 5.92 Å². The Balaban J connectivity index is 1.73. The molecule has 2 aromatic carbocycles. The fourth-order valence-corrected chi connectivity index (χ4v) is 3.38. The first kappa shape index (κ1) is 21.2. The van der Waals surface area contributed by atoms with Gasteiger partial charge in [-0.1, -0.05) is 54.4 Å². The average Bonchev–Trinajstić information content (AvgIpc) is 2.67. The second kappa shape index (κ2) is 9.77. The van der Waals surface area contributed by atoms with E-state index in [1.165, 1.54) is 0 Å². The monoisotopic (exact) mass is 427 g/mol. The zero-order chi connectivity index (χ0) is 20.8. The lowest BCUT2D eigenvalue weighted by Crippen LogP contribution is -2.19. The van der Waals surface area contributed by atoms with Gasteiger partial charge >= 0.3 is 0 Å². The van der Waals surface area contributed by atoms with E-state index in [0.29, 0.717) is 27.4 Å². The van der Waals surface area contributed by atoms with E-state index in [2.05, 4.69) is 28.6 Å². The molecule has 0 radical (unpaired) electrons. The number of benzene rings is 2. The van der Waals surface area contributed by atoms with Crippen LogP contribution in [0.15, 0.2) is 77.6 Å². The predicted molar refractivity (Wildman–Crippen MR) is 122 cm³/mol. The van der Waals surface area contributed by atoms with Crippen molar-refractivity contribution in [2.75, 3.05) is 5.32 Å². The van der Waals surface area contributed by atoms with Crippen LogP contribution in [-0.4, -0.2) is 11.1 Å². The maximum atomic E-state index is 12.5. The van der Waals surface area contributed by atoms with Crippen LogP contribution in [0.4, 0.5) is 5.69 Å². The summed E-state index contributed by atoms with van der Waals surface area (Å²) in [6.07, 6.45) is 6.84. The molecule has 1 unspecified atom stereocenters.